The Bertz CT molecular complexity index is 1150. The van der Waals surface area contributed by atoms with Gasteiger partial charge < -0.3 is 29.6 Å². The molecule has 1 aliphatic heterocycles. The highest BCUT2D eigenvalue weighted by molar-refractivity contribution is 6.37. The Morgan fingerprint density at radius 2 is 1.69 bits per heavy atom. The number of anilines is 1. The van der Waals surface area contributed by atoms with Crippen molar-refractivity contribution in [2.24, 2.45) is 11.7 Å². The number of nitrogens with zero attached hydrogens (tertiary/aromatic N) is 1. The molecular formula is C28H30Cl2N2O4. The van der Waals surface area contributed by atoms with Crippen LogP contribution < -0.4 is 24.8 Å². The number of rotatable bonds is 11. The summed E-state index contributed by atoms with van der Waals surface area (Å²) in [5.74, 6) is 1.64. The molecule has 4 rings (SSSR count). The number of hydrogen-bond acceptors (Lipinski definition) is 6. The van der Waals surface area contributed by atoms with E-state index in [-0.39, 0.29) is 5.92 Å². The zero-order valence-electron chi connectivity index (χ0n) is 20.2. The van der Waals surface area contributed by atoms with E-state index in [1.165, 1.54) is 5.56 Å². The Morgan fingerprint density at radius 1 is 1.00 bits per heavy atom. The highest BCUT2D eigenvalue weighted by atomic mass is 35.5. The van der Waals surface area contributed by atoms with Gasteiger partial charge >= 0.3 is 0 Å². The third kappa shape index (κ3) is 6.25. The van der Waals surface area contributed by atoms with Crippen molar-refractivity contribution in [3.05, 3.63) is 81.8 Å². The Hall–Kier alpha value is -2.93. The molecular weight excluding hydrogens is 499 g/mol. The number of carbonyl (C=O) groups excluding carboxylic acids is 1. The molecule has 0 saturated carbocycles. The smallest absolute Gasteiger partial charge is 0.156 e. The minimum absolute atomic E-state index is 0.302. The van der Waals surface area contributed by atoms with Crippen LogP contribution in [0.1, 0.15) is 17.5 Å². The fourth-order valence-corrected chi connectivity index (χ4v) is 4.94. The van der Waals surface area contributed by atoms with Crippen molar-refractivity contribution in [2.45, 2.75) is 25.4 Å². The molecule has 36 heavy (non-hydrogen) atoms. The molecule has 0 bridgehead atoms. The van der Waals surface area contributed by atoms with Gasteiger partial charge in [0, 0.05) is 12.2 Å². The molecule has 190 valence electrons. The summed E-state index contributed by atoms with van der Waals surface area (Å²) >= 11 is 12.2. The first-order valence-corrected chi connectivity index (χ1v) is 12.7. The van der Waals surface area contributed by atoms with Gasteiger partial charge in [0.05, 0.1) is 29.2 Å². The molecule has 0 aromatic heterocycles. The van der Waals surface area contributed by atoms with E-state index in [9.17, 15) is 4.79 Å². The van der Waals surface area contributed by atoms with Crippen molar-refractivity contribution in [1.29, 1.82) is 0 Å². The van der Waals surface area contributed by atoms with Crippen molar-refractivity contribution < 1.29 is 19.0 Å². The molecule has 0 saturated heterocycles. The number of aryl methyl sites for hydroxylation is 1. The number of para-hydroxylation sites is 1. The molecule has 1 heterocycles. The van der Waals surface area contributed by atoms with Gasteiger partial charge in [-0.15, -0.1) is 0 Å². The molecule has 3 aromatic rings. The van der Waals surface area contributed by atoms with E-state index in [1.807, 2.05) is 36.4 Å². The summed E-state index contributed by atoms with van der Waals surface area (Å²) in [5.41, 5.74) is 9.91. The lowest BCUT2D eigenvalue weighted by Gasteiger charge is -2.38. The highest BCUT2D eigenvalue weighted by Crippen LogP contribution is 2.33. The third-order valence-electron chi connectivity index (χ3n) is 6.33. The third-order valence-corrected chi connectivity index (χ3v) is 6.92. The number of methoxy groups -OCH3 is 1. The Labute approximate surface area is 221 Å². The minimum Gasteiger partial charge on any atom is -0.497 e. The van der Waals surface area contributed by atoms with E-state index in [0.29, 0.717) is 41.2 Å². The van der Waals surface area contributed by atoms with E-state index in [2.05, 4.69) is 11.0 Å². The topological polar surface area (TPSA) is 74.0 Å². The van der Waals surface area contributed by atoms with E-state index >= 15 is 0 Å². The van der Waals surface area contributed by atoms with Gasteiger partial charge in [0.2, 0.25) is 0 Å². The van der Waals surface area contributed by atoms with Crippen LogP contribution in [0.4, 0.5) is 5.69 Å². The first-order chi connectivity index (χ1) is 17.5. The minimum atomic E-state index is -0.417. The van der Waals surface area contributed by atoms with Crippen LogP contribution in [0.5, 0.6) is 17.2 Å². The molecule has 0 fully saturated rings. The predicted octanol–water partition coefficient (Wildman–Crippen LogP) is 5.56. The number of ether oxygens (including phenoxy) is 3. The Kier molecular flexibility index (Phi) is 8.97. The second-order valence-corrected chi connectivity index (χ2v) is 9.49. The summed E-state index contributed by atoms with van der Waals surface area (Å²) in [6.07, 6.45) is 3.04. The molecule has 2 atom stereocenters. The van der Waals surface area contributed by atoms with Crippen molar-refractivity contribution in [1.82, 2.24) is 0 Å². The quantitative estimate of drug-likeness (QED) is 0.259. The summed E-state index contributed by atoms with van der Waals surface area (Å²) in [4.78, 5) is 14.2. The number of fused-ring (bicyclic) bond motifs is 1. The van der Waals surface area contributed by atoms with Gasteiger partial charge in [-0.1, -0.05) is 41.4 Å². The first-order valence-electron chi connectivity index (χ1n) is 11.9. The number of halogens is 2. The van der Waals surface area contributed by atoms with Crippen LogP contribution in [0.2, 0.25) is 10.0 Å². The highest BCUT2D eigenvalue weighted by Gasteiger charge is 2.28. The molecule has 0 amide bonds. The van der Waals surface area contributed by atoms with E-state index in [4.69, 9.17) is 43.1 Å². The SMILES string of the molecule is COc1ccc2c(c1)CCCN2C(N)C(C=O)Cc1ccc(OCCOc2c(Cl)cccc2Cl)cc1. The Morgan fingerprint density at radius 3 is 2.39 bits per heavy atom. The second kappa shape index (κ2) is 12.3. The van der Waals surface area contributed by atoms with Crippen LogP contribution >= 0.6 is 23.2 Å². The average Bonchev–Trinajstić information content (AvgIpc) is 2.90. The predicted molar refractivity (Wildman–Crippen MR) is 144 cm³/mol. The van der Waals surface area contributed by atoms with Gasteiger partial charge in [0.15, 0.2) is 5.75 Å². The van der Waals surface area contributed by atoms with Gasteiger partial charge in [-0.2, -0.15) is 0 Å². The fourth-order valence-electron chi connectivity index (χ4n) is 4.44. The zero-order valence-corrected chi connectivity index (χ0v) is 21.7. The molecule has 1 aliphatic rings. The van der Waals surface area contributed by atoms with Crippen molar-refractivity contribution >= 4 is 35.2 Å². The Balaban J connectivity index is 1.32. The standard InChI is InChI=1S/C28H30Cl2N2O4/c1-34-23-11-12-26-20(17-23)4-3-13-32(26)28(31)21(18-33)16-19-7-9-22(10-8-19)35-14-15-36-27-24(29)5-2-6-25(27)30/h2,5-12,17-18,21,28H,3-4,13-16,31H2,1H3. The average molecular weight is 529 g/mol. The summed E-state index contributed by atoms with van der Waals surface area (Å²) in [7, 11) is 1.66. The number of carbonyl (C=O) groups is 1. The van der Waals surface area contributed by atoms with Crippen LogP contribution in [0, 0.1) is 5.92 Å². The molecule has 3 aromatic carbocycles. The molecule has 2 unspecified atom stereocenters. The molecule has 0 aliphatic carbocycles. The van der Waals surface area contributed by atoms with Crippen LogP contribution in [0.3, 0.4) is 0 Å². The monoisotopic (exact) mass is 528 g/mol. The summed E-state index contributed by atoms with van der Waals surface area (Å²) in [6.45, 7) is 1.46. The second-order valence-electron chi connectivity index (χ2n) is 8.68. The van der Waals surface area contributed by atoms with Crippen LogP contribution in [0.25, 0.3) is 0 Å². The van der Waals surface area contributed by atoms with Gasteiger partial charge in [-0.25, -0.2) is 0 Å². The van der Waals surface area contributed by atoms with E-state index < -0.39 is 6.17 Å². The van der Waals surface area contributed by atoms with Crippen molar-refractivity contribution in [3.8, 4) is 17.2 Å². The maximum absolute atomic E-state index is 12.0. The number of hydrogen-bond donors (Lipinski definition) is 1. The van der Waals surface area contributed by atoms with Crippen LogP contribution in [0.15, 0.2) is 60.7 Å². The van der Waals surface area contributed by atoms with Gasteiger partial charge in [0.1, 0.15) is 31.0 Å². The van der Waals surface area contributed by atoms with Crippen molar-refractivity contribution in [3.63, 3.8) is 0 Å². The van der Waals surface area contributed by atoms with Crippen molar-refractivity contribution in [2.75, 3.05) is 31.8 Å². The fraction of sp³-hybridized carbons (Fsp3) is 0.321. The van der Waals surface area contributed by atoms with Gasteiger partial charge in [0.25, 0.3) is 0 Å². The molecule has 2 N–H and O–H groups in total. The molecule has 6 nitrogen and oxygen atoms in total. The maximum Gasteiger partial charge on any atom is 0.156 e. The molecule has 0 radical (unpaired) electrons. The molecule has 8 heteroatoms. The maximum atomic E-state index is 12.0. The number of benzene rings is 3. The lowest BCUT2D eigenvalue weighted by atomic mass is 9.94. The lowest BCUT2D eigenvalue weighted by Crippen LogP contribution is -2.50. The normalized spacial score (nSPS) is 14.5. The van der Waals surface area contributed by atoms with E-state index in [1.54, 1.807) is 25.3 Å². The van der Waals surface area contributed by atoms with Gasteiger partial charge in [-0.3, -0.25) is 0 Å². The summed E-state index contributed by atoms with van der Waals surface area (Å²) in [6, 6.07) is 18.9. The van der Waals surface area contributed by atoms with Crippen LogP contribution in [-0.4, -0.2) is 39.3 Å². The largest absolute Gasteiger partial charge is 0.497 e. The lowest BCUT2D eigenvalue weighted by molar-refractivity contribution is -0.111. The van der Waals surface area contributed by atoms with E-state index in [0.717, 1.165) is 42.7 Å². The zero-order chi connectivity index (χ0) is 25.5. The number of nitrogens with two attached hydrogens (primary N) is 1. The summed E-state index contributed by atoms with van der Waals surface area (Å²) < 4.78 is 16.8. The molecule has 0 spiro atoms. The first kappa shape index (κ1) is 26.1. The van der Waals surface area contributed by atoms with Crippen LogP contribution in [-0.2, 0) is 17.6 Å². The number of aldehydes is 1. The summed E-state index contributed by atoms with van der Waals surface area (Å²) in [5, 5.41) is 0.921. The van der Waals surface area contributed by atoms with Gasteiger partial charge in [-0.05, 0) is 72.9 Å².